The summed E-state index contributed by atoms with van der Waals surface area (Å²) >= 11 is 0. The fourth-order valence-electron chi connectivity index (χ4n) is 3.05. The van der Waals surface area contributed by atoms with Crippen LogP contribution in [-0.4, -0.2) is 50.1 Å². The average Bonchev–Trinajstić information content (AvgIpc) is 3.28. The predicted octanol–water partition coefficient (Wildman–Crippen LogP) is 4.20. The van der Waals surface area contributed by atoms with E-state index in [2.05, 4.69) is 15.5 Å². The summed E-state index contributed by atoms with van der Waals surface area (Å²) in [5.74, 6) is 2.08. The second kappa shape index (κ2) is 11.1. The van der Waals surface area contributed by atoms with E-state index in [-0.39, 0.29) is 17.5 Å². The van der Waals surface area contributed by atoms with Crippen molar-refractivity contribution in [2.24, 2.45) is 0 Å². The van der Waals surface area contributed by atoms with Gasteiger partial charge in [-0.1, -0.05) is 5.10 Å². The SMILES string of the molecule is CCOc1cc(C(=O)Nc2nnc(-c3ccc(OC)cc3OC)o2)cc(OCC)c1OCC. The second-order valence-electron chi connectivity index (χ2n) is 6.53. The molecule has 0 bridgehead atoms. The van der Waals surface area contributed by atoms with Gasteiger partial charge in [0.1, 0.15) is 11.5 Å². The van der Waals surface area contributed by atoms with Crippen LogP contribution >= 0.6 is 0 Å². The number of methoxy groups -OCH3 is 2. The molecule has 0 fully saturated rings. The fraction of sp³-hybridized carbons (Fsp3) is 0.348. The number of nitrogens with one attached hydrogen (secondary N) is 1. The molecule has 0 saturated carbocycles. The van der Waals surface area contributed by atoms with Gasteiger partial charge in [0, 0.05) is 11.6 Å². The first-order valence-corrected chi connectivity index (χ1v) is 10.5. The Hall–Kier alpha value is -3.95. The molecule has 3 rings (SSSR count). The first-order chi connectivity index (χ1) is 16.0. The summed E-state index contributed by atoms with van der Waals surface area (Å²) in [4.78, 5) is 12.9. The number of ether oxygens (including phenoxy) is 5. The van der Waals surface area contributed by atoms with Crippen molar-refractivity contribution in [1.29, 1.82) is 0 Å². The minimum Gasteiger partial charge on any atom is -0.497 e. The van der Waals surface area contributed by atoms with Crippen LogP contribution in [0, 0.1) is 0 Å². The van der Waals surface area contributed by atoms with Crippen molar-refractivity contribution < 1.29 is 32.9 Å². The minimum atomic E-state index is -0.475. The van der Waals surface area contributed by atoms with Crippen LogP contribution < -0.4 is 29.0 Å². The van der Waals surface area contributed by atoms with E-state index < -0.39 is 5.91 Å². The summed E-state index contributed by atoms with van der Waals surface area (Å²) in [7, 11) is 3.08. The highest BCUT2D eigenvalue weighted by atomic mass is 16.5. The molecular weight excluding hydrogens is 430 g/mol. The average molecular weight is 457 g/mol. The monoisotopic (exact) mass is 457 g/mol. The van der Waals surface area contributed by atoms with Gasteiger partial charge in [-0.3, -0.25) is 10.1 Å². The molecule has 176 valence electrons. The summed E-state index contributed by atoms with van der Waals surface area (Å²) in [6.07, 6.45) is 0. The Bertz CT molecular complexity index is 1070. The van der Waals surface area contributed by atoms with E-state index in [9.17, 15) is 4.79 Å². The van der Waals surface area contributed by atoms with Gasteiger partial charge in [0.25, 0.3) is 11.8 Å². The standard InChI is InChI=1S/C23H27N3O7/c1-6-30-18-11-14(12-19(31-7-2)20(18)32-8-3)21(27)24-23-26-25-22(33-23)16-10-9-15(28-4)13-17(16)29-5/h9-13H,6-8H2,1-5H3,(H,24,26,27). The number of carbonyl (C=O) groups is 1. The number of anilines is 1. The normalized spacial score (nSPS) is 10.5. The topological polar surface area (TPSA) is 114 Å². The van der Waals surface area contributed by atoms with Gasteiger partial charge in [-0.25, -0.2) is 0 Å². The summed E-state index contributed by atoms with van der Waals surface area (Å²) in [5.41, 5.74) is 0.844. The Morgan fingerprint density at radius 3 is 2.12 bits per heavy atom. The number of benzene rings is 2. The van der Waals surface area contributed by atoms with Crippen LogP contribution in [0.4, 0.5) is 6.01 Å². The molecule has 1 aromatic heterocycles. The fourth-order valence-corrected chi connectivity index (χ4v) is 3.05. The quantitative estimate of drug-likeness (QED) is 0.452. The van der Waals surface area contributed by atoms with Gasteiger partial charge in [-0.15, -0.1) is 5.10 Å². The van der Waals surface area contributed by atoms with Crippen LogP contribution in [0.15, 0.2) is 34.7 Å². The molecule has 0 spiro atoms. The lowest BCUT2D eigenvalue weighted by Gasteiger charge is -2.16. The third-order valence-electron chi connectivity index (χ3n) is 4.46. The van der Waals surface area contributed by atoms with E-state index in [0.717, 1.165) is 0 Å². The minimum absolute atomic E-state index is 0.0716. The Morgan fingerprint density at radius 2 is 1.55 bits per heavy atom. The maximum absolute atomic E-state index is 12.9. The van der Waals surface area contributed by atoms with Gasteiger partial charge in [-0.05, 0) is 45.0 Å². The number of aromatic nitrogens is 2. The Labute approximate surface area is 191 Å². The number of hydrogen-bond donors (Lipinski definition) is 1. The molecule has 0 aliphatic heterocycles. The second-order valence-corrected chi connectivity index (χ2v) is 6.53. The van der Waals surface area contributed by atoms with E-state index in [1.807, 2.05) is 20.8 Å². The van der Waals surface area contributed by atoms with Crippen LogP contribution in [0.3, 0.4) is 0 Å². The van der Waals surface area contributed by atoms with Crippen molar-refractivity contribution in [1.82, 2.24) is 10.2 Å². The highest BCUT2D eigenvalue weighted by molar-refractivity contribution is 6.04. The molecule has 2 aromatic carbocycles. The smallest absolute Gasteiger partial charge is 0.322 e. The van der Waals surface area contributed by atoms with E-state index in [1.54, 1.807) is 37.4 Å². The van der Waals surface area contributed by atoms with E-state index in [1.165, 1.54) is 7.11 Å². The third-order valence-corrected chi connectivity index (χ3v) is 4.46. The molecule has 0 saturated heterocycles. The lowest BCUT2D eigenvalue weighted by molar-refractivity contribution is 0.102. The van der Waals surface area contributed by atoms with Gasteiger partial charge in [0.2, 0.25) is 5.75 Å². The number of hydrogen-bond acceptors (Lipinski definition) is 9. The zero-order valence-electron chi connectivity index (χ0n) is 19.3. The van der Waals surface area contributed by atoms with Gasteiger partial charge in [-0.2, -0.15) is 0 Å². The zero-order chi connectivity index (χ0) is 23.8. The molecule has 33 heavy (non-hydrogen) atoms. The van der Waals surface area contributed by atoms with Crippen LogP contribution in [0.5, 0.6) is 28.7 Å². The molecule has 0 unspecified atom stereocenters. The van der Waals surface area contributed by atoms with Crippen LogP contribution in [0.1, 0.15) is 31.1 Å². The van der Waals surface area contributed by atoms with Gasteiger partial charge < -0.3 is 28.1 Å². The van der Waals surface area contributed by atoms with Crippen LogP contribution in [-0.2, 0) is 0 Å². The molecular formula is C23H27N3O7. The molecule has 3 aromatic rings. The van der Waals surface area contributed by atoms with Gasteiger partial charge >= 0.3 is 6.01 Å². The Morgan fingerprint density at radius 1 is 0.879 bits per heavy atom. The number of nitrogens with zero attached hydrogens (tertiary/aromatic N) is 2. The van der Waals surface area contributed by atoms with Gasteiger partial charge in [0.15, 0.2) is 11.5 Å². The highest BCUT2D eigenvalue weighted by Crippen LogP contribution is 2.39. The lowest BCUT2D eigenvalue weighted by Crippen LogP contribution is -2.13. The van der Waals surface area contributed by atoms with Crippen molar-refractivity contribution >= 4 is 11.9 Å². The summed E-state index contributed by atoms with van der Waals surface area (Å²) in [6.45, 7) is 6.76. The van der Waals surface area contributed by atoms with E-state index in [4.69, 9.17) is 28.1 Å². The molecule has 1 amide bonds. The van der Waals surface area contributed by atoms with Crippen LogP contribution in [0.2, 0.25) is 0 Å². The summed E-state index contributed by atoms with van der Waals surface area (Å²) < 4.78 is 33.2. The number of amides is 1. The molecule has 0 radical (unpaired) electrons. The van der Waals surface area contributed by atoms with Crippen molar-refractivity contribution in [3.8, 4) is 40.2 Å². The first-order valence-electron chi connectivity index (χ1n) is 10.5. The van der Waals surface area contributed by atoms with Gasteiger partial charge in [0.05, 0.1) is 39.6 Å². The molecule has 1 heterocycles. The molecule has 10 heteroatoms. The molecule has 1 N–H and O–H groups in total. The maximum atomic E-state index is 12.9. The zero-order valence-corrected chi connectivity index (χ0v) is 19.3. The maximum Gasteiger partial charge on any atom is 0.322 e. The van der Waals surface area contributed by atoms with Crippen molar-refractivity contribution in [2.45, 2.75) is 20.8 Å². The molecule has 0 atom stereocenters. The lowest BCUT2D eigenvalue weighted by atomic mass is 10.1. The highest BCUT2D eigenvalue weighted by Gasteiger charge is 2.21. The molecule has 0 aliphatic carbocycles. The Balaban J connectivity index is 1.87. The van der Waals surface area contributed by atoms with Crippen LogP contribution in [0.25, 0.3) is 11.5 Å². The Kier molecular flexibility index (Phi) is 7.96. The van der Waals surface area contributed by atoms with Crippen molar-refractivity contribution in [2.75, 3.05) is 39.4 Å². The molecule has 0 aliphatic rings. The number of carbonyl (C=O) groups excluding carboxylic acids is 1. The molecule has 10 nitrogen and oxygen atoms in total. The third kappa shape index (κ3) is 5.46. The predicted molar refractivity (Wildman–Crippen MR) is 121 cm³/mol. The summed E-state index contributed by atoms with van der Waals surface area (Å²) in [5, 5.41) is 10.5. The van der Waals surface area contributed by atoms with Crippen molar-refractivity contribution in [3.05, 3.63) is 35.9 Å². The largest absolute Gasteiger partial charge is 0.497 e. The van der Waals surface area contributed by atoms with Crippen molar-refractivity contribution in [3.63, 3.8) is 0 Å². The summed E-state index contributed by atoms with van der Waals surface area (Å²) in [6, 6.07) is 8.25. The first kappa shape index (κ1) is 23.7. The number of rotatable bonds is 11. The van der Waals surface area contributed by atoms with E-state index in [0.29, 0.717) is 54.1 Å². The van der Waals surface area contributed by atoms with E-state index >= 15 is 0 Å².